The van der Waals surface area contributed by atoms with Crippen molar-refractivity contribution in [3.8, 4) is 11.3 Å². The van der Waals surface area contributed by atoms with Gasteiger partial charge in [0.1, 0.15) is 0 Å². The van der Waals surface area contributed by atoms with E-state index in [9.17, 15) is 0 Å². The van der Waals surface area contributed by atoms with Crippen LogP contribution in [0.3, 0.4) is 0 Å². The van der Waals surface area contributed by atoms with Gasteiger partial charge in [0, 0.05) is 37.0 Å². The first-order valence-electron chi connectivity index (χ1n) is 7.20. The normalized spacial score (nSPS) is 19.2. The van der Waals surface area contributed by atoms with Crippen molar-refractivity contribution in [2.45, 2.75) is 32.6 Å². The lowest BCUT2D eigenvalue weighted by atomic mass is 9.96. The summed E-state index contributed by atoms with van der Waals surface area (Å²) in [6.07, 6.45) is 6.15. The summed E-state index contributed by atoms with van der Waals surface area (Å²) in [5.41, 5.74) is 5.30. The molecule has 106 valence electrons. The molecule has 5 nitrogen and oxygen atoms in total. The second kappa shape index (κ2) is 5.32. The first kappa shape index (κ1) is 13.2. The van der Waals surface area contributed by atoms with Crippen LogP contribution in [-0.4, -0.2) is 32.8 Å². The zero-order valence-corrected chi connectivity index (χ0v) is 12.3. The van der Waals surface area contributed by atoms with Crippen LogP contribution in [0.5, 0.6) is 0 Å². The predicted molar refractivity (Wildman–Crippen MR) is 78.6 cm³/mol. The molecule has 0 saturated carbocycles. The fraction of sp³-hybridized carbons (Fsp3) is 0.533. The van der Waals surface area contributed by atoms with Crippen molar-refractivity contribution < 1.29 is 0 Å². The SMILES string of the molecule is Cc1nn(C)c(C)c1-c1cncc([C@H]2CCCNC2)n1. The summed E-state index contributed by atoms with van der Waals surface area (Å²) in [6.45, 7) is 6.22. The highest BCUT2D eigenvalue weighted by atomic mass is 15.3. The van der Waals surface area contributed by atoms with Crippen LogP contribution in [-0.2, 0) is 7.05 Å². The second-order valence-electron chi connectivity index (χ2n) is 5.54. The molecule has 0 aromatic carbocycles. The zero-order chi connectivity index (χ0) is 14.1. The van der Waals surface area contributed by atoms with Gasteiger partial charge >= 0.3 is 0 Å². The lowest BCUT2D eigenvalue weighted by Gasteiger charge is -2.22. The van der Waals surface area contributed by atoms with Gasteiger partial charge in [-0.05, 0) is 33.2 Å². The highest BCUT2D eigenvalue weighted by Crippen LogP contribution is 2.27. The molecule has 0 aliphatic carbocycles. The Bertz CT molecular complexity index is 611. The fourth-order valence-electron chi connectivity index (χ4n) is 2.95. The van der Waals surface area contributed by atoms with E-state index >= 15 is 0 Å². The smallest absolute Gasteiger partial charge is 0.0925 e. The molecule has 2 aromatic heterocycles. The number of nitrogens with one attached hydrogen (secondary N) is 1. The molecule has 0 bridgehead atoms. The van der Waals surface area contributed by atoms with Crippen LogP contribution in [0.15, 0.2) is 12.4 Å². The van der Waals surface area contributed by atoms with E-state index in [0.29, 0.717) is 5.92 Å². The summed E-state index contributed by atoms with van der Waals surface area (Å²) in [4.78, 5) is 9.25. The number of aromatic nitrogens is 4. The third-order valence-electron chi connectivity index (χ3n) is 4.13. The maximum absolute atomic E-state index is 4.85. The summed E-state index contributed by atoms with van der Waals surface area (Å²) in [6, 6.07) is 0. The second-order valence-corrected chi connectivity index (χ2v) is 5.54. The summed E-state index contributed by atoms with van der Waals surface area (Å²) in [5, 5.41) is 7.90. The van der Waals surface area contributed by atoms with Crippen molar-refractivity contribution in [1.82, 2.24) is 25.1 Å². The third kappa shape index (κ3) is 2.33. The molecule has 5 heteroatoms. The fourth-order valence-corrected chi connectivity index (χ4v) is 2.95. The topological polar surface area (TPSA) is 55.6 Å². The van der Waals surface area contributed by atoms with Crippen molar-refractivity contribution in [2.24, 2.45) is 7.05 Å². The first-order chi connectivity index (χ1) is 9.66. The maximum Gasteiger partial charge on any atom is 0.0925 e. The zero-order valence-electron chi connectivity index (χ0n) is 12.3. The highest BCUT2D eigenvalue weighted by Gasteiger charge is 2.19. The highest BCUT2D eigenvalue weighted by molar-refractivity contribution is 5.64. The molecular formula is C15H21N5. The molecule has 2 aromatic rings. The monoisotopic (exact) mass is 271 g/mol. The minimum Gasteiger partial charge on any atom is -0.316 e. The number of aryl methyl sites for hydroxylation is 2. The molecular weight excluding hydrogens is 250 g/mol. The van der Waals surface area contributed by atoms with E-state index in [1.807, 2.05) is 31.0 Å². The molecule has 1 fully saturated rings. The van der Waals surface area contributed by atoms with Gasteiger partial charge in [0.2, 0.25) is 0 Å². The number of piperidine rings is 1. The summed E-state index contributed by atoms with van der Waals surface area (Å²) >= 11 is 0. The van der Waals surface area contributed by atoms with Crippen LogP contribution < -0.4 is 5.32 Å². The molecule has 1 saturated heterocycles. The van der Waals surface area contributed by atoms with Crippen LogP contribution in [0.1, 0.15) is 35.8 Å². The Morgan fingerprint density at radius 2 is 2.15 bits per heavy atom. The molecule has 1 aliphatic heterocycles. The Morgan fingerprint density at radius 1 is 1.30 bits per heavy atom. The van der Waals surface area contributed by atoms with Crippen LogP contribution in [0.25, 0.3) is 11.3 Å². The average molecular weight is 271 g/mol. The van der Waals surface area contributed by atoms with E-state index in [1.54, 1.807) is 0 Å². The van der Waals surface area contributed by atoms with E-state index in [1.165, 1.54) is 12.8 Å². The quantitative estimate of drug-likeness (QED) is 0.907. The molecule has 0 spiro atoms. The number of rotatable bonds is 2. The van der Waals surface area contributed by atoms with Crippen LogP contribution in [0, 0.1) is 13.8 Å². The summed E-state index contributed by atoms with van der Waals surface area (Å²) in [5.74, 6) is 0.480. The van der Waals surface area contributed by atoms with Crippen molar-refractivity contribution in [3.05, 3.63) is 29.5 Å². The van der Waals surface area contributed by atoms with Gasteiger partial charge < -0.3 is 5.32 Å². The van der Waals surface area contributed by atoms with Crippen LogP contribution >= 0.6 is 0 Å². The van der Waals surface area contributed by atoms with Crippen molar-refractivity contribution >= 4 is 0 Å². The maximum atomic E-state index is 4.85. The van der Waals surface area contributed by atoms with Crippen LogP contribution in [0.4, 0.5) is 0 Å². The number of hydrogen-bond donors (Lipinski definition) is 1. The molecule has 0 unspecified atom stereocenters. The number of nitrogens with zero attached hydrogens (tertiary/aromatic N) is 4. The van der Waals surface area contributed by atoms with E-state index < -0.39 is 0 Å². The largest absolute Gasteiger partial charge is 0.316 e. The van der Waals surface area contributed by atoms with E-state index in [0.717, 1.165) is 41.4 Å². The van der Waals surface area contributed by atoms with Gasteiger partial charge in [-0.3, -0.25) is 9.67 Å². The molecule has 3 rings (SSSR count). The predicted octanol–water partition coefficient (Wildman–Crippen LogP) is 1.96. The Labute approximate surface area is 119 Å². The lowest BCUT2D eigenvalue weighted by Crippen LogP contribution is -2.28. The van der Waals surface area contributed by atoms with Crippen molar-refractivity contribution in [1.29, 1.82) is 0 Å². The molecule has 1 aliphatic rings. The van der Waals surface area contributed by atoms with Gasteiger partial charge in [-0.1, -0.05) is 0 Å². The summed E-state index contributed by atoms with van der Waals surface area (Å²) < 4.78 is 1.90. The molecule has 3 heterocycles. The Balaban J connectivity index is 1.98. The Kier molecular flexibility index (Phi) is 3.53. The lowest BCUT2D eigenvalue weighted by molar-refractivity contribution is 0.454. The molecule has 20 heavy (non-hydrogen) atoms. The van der Waals surface area contributed by atoms with Gasteiger partial charge in [-0.2, -0.15) is 5.10 Å². The number of hydrogen-bond acceptors (Lipinski definition) is 4. The Hall–Kier alpha value is -1.75. The van der Waals surface area contributed by atoms with Crippen LogP contribution in [0.2, 0.25) is 0 Å². The van der Waals surface area contributed by atoms with Gasteiger partial charge in [0.05, 0.1) is 23.3 Å². The third-order valence-corrected chi connectivity index (χ3v) is 4.13. The average Bonchev–Trinajstić information content (AvgIpc) is 2.73. The van der Waals surface area contributed by atoms with Crippen molar-refractivity contribution in [2.75, 3.05) is 13.1 Å². The minimum absolute atomic E-state index is 0.480. The molecule has 1 atom stereocenters. The van der Waals surface area contributed by atoms with Gasteiger partial charge in [0.25, 0.3) is 0 Å². The molecule has 1 N–H and O–H groups in total. The van der Waals surface area contributed by atoms with E-state index in [4.69, 9.17) is 4.98 Å². The van der Waals surface area contributed by atoms with Gasteiger partial charge in [-0.25, -0.2) is 4.98 Å². The summed E-state index contributed by atoms with van der Waals surface area (Å²) in [7, 11) is 1.97. The minimum atomic E-state index is 0.480. The van der Waals surface area contributed by atoms with Gasteiger partial charge in [0.15, 0.2) is 0 Å². The van der Waals surface area contributed by atoms with Crippen molar-refractivity contribution in [3.63, 3.8) is 0 Å². The molecule has 0 radical (unpaired) electrons. The molecule has 0 amide bonds. The standard InChI is InChI=1S/C15H21N5/c1-10-15(11(2)20(3)19-10)14-9-17-8-13(18-14)12-5-4-6-16-7-12/h8-9,12,16H,4-7H2,1-3H3/t12-/m0/s1. The van der Waals surface area contributed by atoms with Gasteiger partial charge in [-0.15, -0.1) is 0 Å². The van der Waals surface area contributed by atoms with E-state index in [2.05, 4.69) is 22.3 Å². The Morgan fingerprint density at radius 3 is 2.80 bits per heavy atom. The van der Waals surface area contributed by atoms with E-state index in [-0.39, 0.29) is 0 Å². The first-order valence-corrected chi connectivity index (χ1v) is 7.20.